The average Bonchev–Trinajstić information content (AvgIpc) is 2.69. The lowest BCUT2D eigenvalue weighted by atomic mass is 10.1. The maximum absolute atomic E-state index is 12.7. The zero-order valence-electron chi connectivity index (χ0n) is 8.24. The van der Waals surface area contributed by atoms with E-state index in [2.05, 4.69) is 18.0 Å². The van der Waals surface area contributed by atoms with Crippen LogP contribution < -0.4 is 0 Å². The molecule has 2 heteroatoms. The molecule has 1 aromatic heterocycles. The molecule has 0 spiro atoms. The predicted octanol–water partition coefficient (Wildman–Crippen LogP) is 4.12. The van der Waals surface area contributed by atoms with Gasteiger partial charge in [0.2, 0.25) is 0 Å². The fourth-order valence-corrected chi connectivity index (χ4v) is 2.26. The molecule has 0 aliphatic carbocycles. The Hall–Kier alpha value is -1.41. The van der Waals surface area contributed by atoms with Gasteiger partial charge in [0, 0.05) is 4.88 Å². The van der Waals surface area contributed by atoms with Gasteiger partial charge in [-0.25, -0.2) is 4.39 Å². The first-order valence-electron chi connectivity index (χ1n) is 4.73. The van der Waals surface area contributed by atoms with Crippen LogP contribution in [0, 0.1) is 5.82 Å². The van der Waals surface area contributed by atoms with Crippen LogP contribution in [0.5, 0.6) is 0 Å². The molecule has 2 rings (SSSR count). The van der Waals surface area contributed by atoms with E-state index >= 15 is 0 Å². The molecule has 15 heavy (non-hydrogen) atoms. The van der Waals surface area contributed by atoms with Crippen molar-refractivity contribution < 1.29 is 4.39 Å². The Balaban J connectivity index is 2.21. The van der Waals surface area contributed by atoms with Crippen LogP contribution in [-0.4, -0.2) is 0 Å². The van der Waals surface area contributed by atoms with Crippen molar-refractivity contribution in [2.45, 2.75) is 6.42 Å². The number of thiophene rings is 1. The Labute approximate surface area is 92.7 Å². The minimum absolute atomic E-state index is 0.187. The Morgan fingerprint density at radius 3 is 2.60 bits per heavy atom. The van der Waals surface area contributed by atoms with Gasteiger partial charge in [0.05, 0.1) is 0 Å². The highest BCUT2D eigenvalue weighted by Gasteiger charge is 2.02. The Kier molecular flexibility index (Phi) is 2.97. The van der Waals surface area contributed by atoms with E-state index in [-0.39, 0.29) is 5.82 Å². The van der Waals surface area contributed by atoms with E-state index in [0.29, 0.717) is 0 Å². The fraction of sp³-hybridized carbons (Fsp3) is 0.0769. The van der Waals surface area contributed by atoms with Crippen LogP contribution in [0.1, 0.15) is 16.0 Å². The largest absolute Gasteiger partial charge is 0.207 e. The zero-order valence-corrected chi connectivity index (χ0v) is 9.06. The SMILES string of the molecule is C=Cc1sccc1Cc1ccc(F)cc1. The summed E-state index contributed by atoms with van der Waals surface area (Å²) in [4.78, 5) is 1.19. The van der Waals surface area contributed by atoms with E-state index in [1.807, 2.05) is 18.2 Å². The van der Waals surface area contributed by atoms with E-state index in [1.165, 1.54) is 22.6 Å². The second-order valence-electron chi connectivity index (χ2n) is 3.32. The van der Waals surface area contributed by atoms with E-state index in [1.54, 1.807) is 11.3 Å². The van der Waals surface area contributed by atoms with Crippen LogP contribution in [0.15, 0.2) is 42.3 Å². The van der Waals surface area contributed by atoms with Crippen LogP contribution in [-0.2, 0) is 6.42 Å². The van der Waals surface area contributed by atoms with E-state index < -0.39 is 0 Å². The maximum Gasteiger partial charge on any atom is 0.123 e. The van der Waals surface area contributed by atoms with Crippen molar-refractivity contribution in [2.75, 3.05) is 0 Å². The highest BCUT2D eigenvalue weighted by atomic mass is 32.1. The van der Waals surface area contributed by atoms with Gasteiger partial charge in [-0.2, -0.15) is 0 Å². The molecule has 0 fully saturated rings. The van der Waals surface area contributed by atoms with E-state index in [4.69, 9.17) is 0 Å². The van der Waals surface area contributed by atoms with E-state index in [9.17, 15) is 4.39 Å². The van der Waals surface area contributed by atoms with Crippen LogP contribution in [0.25, 0.3) is 6.08 Å². The standard InChI is InChI=1S/C13H11FS/c1-2-13-11(7-8-15-13)9-10-3-5-12(14)6-4-10/h2-8H,1,9H2. The Morgan fingerprint density at radius 1 is 1.20 bits per heavy atom. The third-order valence-electron chi connectivity index (χ3n) is 2.27. The molecule has 0 radical (unpaired) electrons. The van der Waals surface area contributed by atoms with Crippen LogP contribution in [0.2, 0.25) is 0 Å². The summed E-state index contributed by atoms with van der Waals surface area (Å²) in [6.07, 6.45) is 2.70. The van der Waals surface area contributed by atoms with Crippen molar-refractivity contribution >= 4 is 17.4 Å². The van der Waals surface area contributed by atoms with Crippen LogP contribution >= 0.6 is 11.3 Å². The van der Waals surface area contributed by atoms with Crippen molar-refractivity contribution in [1.29, 1.82) is 0 Å². The minimum Gasteiger partial charge on any atom is -0.207 e. The zero-order chi connectivity index (χ0) is 10.7. The molecule has 0 aliphatic rings. The van der Waals surface area contributed by atoms with Gasteiger partial charge in [0.1, 0.15) is 5.82 Å². The lowest BCUT2D eigenvalue weighted by molar-refractivity contribution is 0.627. The molecular formula is C13H11FS. The summed E-state index contributed by atoms with van der Waals surface area (Å²) < 4.78 is 12.7. The summed E-state index contributed by atoms with van der Waals surface area (Å²) in [5.41, 5.74) is 2.37. The number of rotatable bonds is 3. The number of benzene rings is 1. The Bertz CT molecular complexity index is 454. The van der Waals surface area contributed by atoms with Gasteiger partial charge in [0.15, 0.2) is 0 Å². The van der Waals surface area contributed by atoms with Crippen LogP contribution in [0.3, 0.4) is 0 Å². The summed E-state index contributed by atoms with van der Waals surface area (Å²) in [5.74, 6) is -0.187. The smallest absolute Gasteiger partial charge is 0.123 e. The van der Waals surface area contributed by atoms with Gasteiger partial charge in [-0.05, 0) is 41.1 Å². The molecule has 0 atom stereocenters. The van der Waals surface area contributed by atoms with Crippen molar-refractivity contribution in [3.63, 3.8) is 0 Å². The number of hydrogen-bond donors (Lipinski definition) is 0. The summed E-state index contributed by atoms with van der Waals surface area (Å²) in [5, 5.41) is 2.05. The first-order chi connectivity index (χ1) is 7.29. The normalized spacial score (nSPS) is 10.2. The maximum atomic E-state index is 12.7. The molecule has 0 unspecified atom stereocenters. The van der Waals surface area contributed by atoms with Gasteiger partial charge < -0.3 is 0 Å². The van der Waals surface area contributed by atoms with Gasteiger partial charge in [0.25, 0.3) is 0 Å². The molecule has 0 aliphatic heterocycles. The number of hydrogen-bond acceptors (Lipinski definition) is 1. The number of halogens is 1. The van der Waals surface area contributed by atoms with E-state index in [0.717, 1.165) is 12.0 Å². The summed E-state index contributed by atoms with van der Waals surface area (Å²) in [7, 11) is 0. The second kappa shape index (κ2) is 4.41. The average molecular weight is 218 g/mol. The molecule has 0 amide bonds. The van der Waals surface area contributed by atoms with Crippen LogP contribution in [0.4, 0.5) is 4.39 Å². The highest BCUT2D eigenvalue weighted by Crippen LogP contribution is 2.21. The first kappa shape index (κ1) is 10.1. The van der Waals surface area contributed by atoms with Gasteiger partial charge in [-0.3, -0.25) is 0 Å². The summed E-state index contributed by atoms with van der Waals surface area (Å²) in [6, 6.07) is 8.72. The molecule has 0 bridgehead atoms. The van der Waals surface area contributed by atoms with Crippen molar-refractivity contribution in [3.8, 4) is 0 Å². The Morgan fingerprint density at radius 2 is 1.93 bits per heavy atom. The summed E-state index contributed by atoms with van der Waals surface area (Å²) in [6.45, 7) is 3.77. The van der Waals surface area contributed by atoms with Crippen molar-refractivity contribution in [2.24, 2.45) is 0 Å². The molecule has 0 saturated carbocycles. The fourth-order valence-electron chi connectivity index (χ4n) is 1.49. The molecular weight excluding hydrogens is 207 g/mol. The second-order valence-corrected chi connectivity index (χ2v) is 4.27. The first-order valence-corrected chi connectivity index (χ1v) is 5.61. The quantitative estimate of drug-likeness (QED) is 0.727. The lowest BCUT2D eigenvalue weighted by Crippen LogP contribution is -1.87. The molecule has 1 heterocycles. The minimum atomic E-state index is -0.187. The third kappa shape index (κ3) is 2.34. The topological polar surface area (TPSA) is 0 Å². The molecule has 0 N–H and O–H groups in total. The van der Waals surface area contributed by atoms with Gasteiger partial charge >= 0.3 is 0 Å². The predicted molar refractivity (Wildman–Crippen MR) is 63.6 cm³/mol. The van der Waals surface area contributed by atoms with Gasteiger partial charge in [-0.1, -0.05) is 24.8 Å². The van der Waals surface area contributed by atoms with Crippen molar-refractivity contribution in [1.82, 2.24) is 0 Å². The highest BCUT2D eigenvalue weighted by molar-refractivity contribution is 7.11. The molecule has 76 valence electrons. The monoisotopic (exact) mass is 218 g/mol. The lowest BCUT2D eigenvalue weighted by Gasteiger charge is -2.00. The van der Waals surface area contributed by atoms with Gasteiger partial charge in [-0.15, -0.1) is 11.3 Å². The molecule has 2 aromatic rings. The van der Waals surface area contributed by atoms with Crippen molar-refractivity contribution in [3.05, 3.63) is 64.1 Å². The molecule has 1 aromatic carbocycles. The summed E-state index contributed by atoms with van der Waals surface area (Å²) >= 11 is 1.68. The third-order valence-corrected chi connectivity index (χ3v) is 3.23. The molecule has 0 nitrogen and oxygen atoms in total. The molecule has 0 saturated heterocycles.